The van der Waals surface area contributed by atoms with E-state index in [1.165, 1.54) is 0 Å². The highest BCUT2D eigenvalue weighted by atomic mass is 16.4. The lowest BCUT2D eigenvalue weighted by Gasteiger charge is -2.34. The van der Waals surface area contributed by atoms with Gasteiger partial charge in [-0.1, -0.05) is 31.5 Å². The van der Waals surface area contributed by atoms with E-state index in [1.54, 1.807) is 23.1 Å². The van der Waals surface area contributed by atoms with Crippen LogP contribution in [0.15, 0.2) is 24.3 Å². The fourth-order valence-electron chi connectivity index (χ4n) is 3.10. The van der Waals surface area contributed by atoms with Crippen molar-refractivity contribution in [3.8, 4) is 0 Å². The Morgan fingerprint density at radius 3 is 2.60 bits per heavy atom. The van der Waals surface area contributed by atoms with Crippen molar-refractivity contribution in [2.45, 2.75) is 39.7 Å². The average Bonchev–Trinajstić information content (AvgIpc) is 2.58. The number of hydrogen-bond acceptors (Lipinski definition) is 3. The zero-order valence-electron chi connectivity index (χ0n) is 15.0. The van der Waals surface area contributed by atoms with E-state index < -0.39 is 17.9 Å². The van der Waals surface area contributed by atoms with Gasteiger partial charge in [-0.25, -0.2) is 0 Å². The van der Waals surface area contributed by atoms with Crippen molar-refractivity contribution in [2.24, 2.45) is 11.8 Å². The molecule has 2 atom stereocenters. The summed E-state index contributed by atoms with van der Waals surface area (Å²) in [7, 11) is 0. The number of carbonyl (C=O) groups is 3. The molecular weight excluding hydrogens is 320 g/mol. The Labute approximate surface area is 148 Å². The van der Waals surface area contributed by atoms with Gasteiger partial charge < -0.3 is 15.3 Å². The molecule has 1 aliphatic heterocycles. The third-order valence-corrected chi connectivity index (χ3v) is 4.58. The van der Waals surface area contributed by atoms with Crippen molar-refractivity contribution in [1.29, 1.82) is 0 Å². The van der Waals surface area contributed by atoms with Gasteiger partial charge >= 0.3 is 5.97 Å². The van der Waals surface area contributed by atoms with Gasteiger partial charge in [0.15, 0.2) is 0 Å². The number of rotatable bonds is 5. The first-order valence-corrected chi connectivity index (χ1v) is 8.68. The molecule has 6 heteroatoms. The Hall–Kier alpha value is -2.37. The van der Waals surface area contributed by atoms with Crippen LogP contribution >= 0.6 is 0 Å². The highest BCUT2D eigenvalue weighted by molar-refractivity contribution is 5.97. The van der Waals surface area contributed by atoms with Crippen LogP contribution in [0.5, 0.6) is 0 Å². The standard InChI is InChI=1S/C19H26N2O4/c1-12(2)16(20-17(22)14-7-4-6-13(3)10-14)18(23)21-9-5-8-15(11-21)19(24)25/h4,6-7,10,12,15-16H,5,8-9,11H2,1-3H3,(H,20,22)(H,24,25)/t15-,16?/m0/s1. The molecule has 2 rings (SSSR count). The van der Waals surface area contributed by atoms with Crippen molar-refractivity contribution in [1.82, 2.24) is 10.2 Å². The zero-order chi connectivity index (χ0) is 18.6. The summed E-state index contributed by atoms with van der Waals surface area (Å²) in [5.41, 5.74) is 1.49. The van der Waals surface area contributed by atoms with Gasteiger partial charge in [0.2, 0.25) is 5.91 Å². The minimum absolute atomic E-state index is 0.0912. The van der Waals surface area contributed by atoms with Crippen molar-refractivity contribution in [3.05, 3.63) is 35.4 Å². The first-order valence-electron chi connectivity index (χ1n) is 8.68. The number of carbonyl (C=O) groups excluding carboxylic acids is 2. The number of piperidine rings is 1. The minimum atomic E-state index is -0.873. The molecule has 2 amide bonds. The topological polar surface area (TPSA) is 86.7 Å². The Morgan fingerprint density at radius 1 is 1.28 bits per heavy atom. The van der Waals surface area contributed by atoms with Gasteiger partial charge in [0.05, 0.1) is 5.92 Å². The van der Waals surface area contributed by atoms with Crippen LogP contribution < -0.4 is 5.32 Å². The third-order valence-electron chi connectivity index (χ3n) is 4.58. The predicted molar refractivity (Wildman–Crippen MR) is 94.2 cm³/mol. The lowest BCUT2D eigenvalue weighted by Crippen LogP contribution is -2.54. The summed E-state index contributed by atoms with van der Waals surface area (Å²) in [6.07, 6.45) is 1.25. The van der Waals surface area contributed by atoms with E-state index in [4.69, 9.17) is 0 Å². The summed E-state index contributed by atoms with van der Waals surface area (Å²) in [4.78, 5) is 38.1. The SMILES string of the molecule is Cc1cccc(C(=O)NC(C(=O)N2CCC[C@H](C(=O)O)C2)C(C)C)c1. The van der Waals surface area contributed by atoms with Gasteiger partial charge in [-0.05, 0) is 37.8 Å². The second-order valence-corrected chi connectivity index (χ2v) is 7.03. The Kier molecular flexibility index (Phi) is 6.17. The summed E-state index contributed by atoms with van der Waals surface area (Å²) >= 11 is 0. The highest BCUT2D eigenvalue weighted by Crippen LogP contribution is 2.19. The molecule has 0 spiro atoms. The fraction of sp³-hybridized carbons (Fsp3) is 0.526. The van der Waals surface area contributed by atoms with E-state index in [2.05, 4.69) is 5.32 Å². The van der Waals surface area contributed by atoms with Gasteiger partial charge in [0, 0.05) is 18.7 Å². The summed E-state index contributed by atoms with van der Waals surface area (Å²) in [6.45, 7) is 6.39. The second-order valence-electron chi connectivity index (χ2n) is 7.03. The van der Waals surface area contributed by atoms with Crippen molar-refractivity contribution in [2.75, 3.05) is 13.1 Å². The van der Waals surface area contributed by atoms with E-state index in [0.717, 1.165) is 5.56 Å². The number of hydrogen-bond donors (Lipinski definition) is 2. The number of carboxylic acids is 1. The zero-order valence-corrected chi connectivity index (χ0v) is 15.0. The third kappa shape index (κ3) is 4.81. The molecule has 0 saturated carbocycles. The van der Waals surface area contributed by atoms with Gasteiger partial charge in [-0.15, -0.1) is 0 Å². The van der Waals surface area contributed by atoms with Gasteiger partial charge in [0.25, 0.3) is 5.91 Å². The molecule has 0 aliphatic carbocycles. The molecule has 0 radical (unpaired) electrons. The maximum atomic E-state index is 12.9. The summed E-state index contributed by atoms with van der Waals surface area (Å²) in [6, 6.07) is 6.53. The molecule has 1 heterocycles. The summed E-state index contributed by atoms with van der Waals surface area (Å²) < 4.78 is 0. The molecule has 1 saturated heterocycles. The Morgan fingerprint density at radius 2 is 2.00 bits per heavy atom. The van der Waals surface area contributed by atoms with Crippen LogP contribution in [0, 0.1) is 18.8 Å². The van der Waals surface area contributed by atoms with Crippen LogP contribution in [0.2, 0.25) is 0 Å². The predicted octanol–water partition coefficient (Wildman–Crippen LogP) is 2.07. The fourth-order valence-corrected chi connectivity index (χ4v) is 3.10. The normalized spacial score (nSPS) is 18.7. The van der Waals surface area contributed by atoms with Crippen LogP contribution in [0.1, 0.15) is 42.6 Å². The van der Waals surface area contributed by atoms with E-state index in [1.807, 2.05) is 26.8 Å². The largest absolute Gasteiger partial charge is 0.481 e. The molecule has 1 aromatic carbocycles. The number of aliphatic carboxylic acids is 1. The van der Waals surface area contributed by atoms with Crippen LogP contribution in [-0.2, 0) is 9.59 Å². The average molecular weight is 346 g/mol. The van der Waals surface area contributed by atoms with Gasteiger partial charge in [-0.2, -0.15) is 0 Å². The molecule has 6 nitrogen and oxygen atoms in total. The monoisotopic (exact) mass is 346 g/mol. The smallest absolute Gasteiger partial charge is 0.308 e. The van der Waals surface area contributed by atoms with Crippen LogP contribution in [-0.4, -0.2) is 46.9 Å². The first kappa shape index (κ1) is 19.0. The van der Waals surface area contributed by atoms with Crippen molar-refractivity contribution in [3.63, 3.8) is 0 Å². The van der Waals surface area contributed by atoms with E-state index >= 15 is 0 Å². The molecule has 1 aromatic rings. The van der Waals surface area contributed by atoms with Crippen molar-refractivity contribution < 1.29 is 19.5 Å². The quantitative estimate of drug-likeness (QED) is 0.854. The molecule has 25 heavy (non-hydrogen) atoms. The number of carboxylic acid groups (broad SMARTS) is 1. The lowest BCUT2D eigenvalue weighted by atomic mass is 9.95. The number of aryl methyl sites for hydroxylation is 1. The maximum absolute atomic E-state index is 12.9. The molecule has 1 aliphatic rings. The lowest BCUT2D eigenvalue weighted by molar-refractivity contribution is -0.146. The van der Waals surface area contributed by atoms with Crippen LogP contribution in [0.25, 0.3) is 0 Å². The summed E-state index contributed by atoms with van der Waals surface area (Å²) in [5.74, 6) is -1.99. The molecule has 136 valence electrons. The Bertz CT molecular complexity index is 657. The minimum Gasteiger partial charge on any atom is -0.481 e. The van der Waals surface area contributed by atoms with E-state index in [9.17, 15) is 19.5 Å². The summed E-state index contributed by atoms with van der Waals surface area (Å²) in [5, 5.41) is 12.0. The second kappa shape index (κ2) is 8.14. The molecule has 0 aromatic heterocycles. The Balaban J connectivity index is 2.10. The van der Waals surface area contributed by atoms with Crippen LogP contribution in [0.3, 0.4) is 0 Å². The van der Waals surface area contributed by atoms with Gasteiger partial charge in [-0.3, -0.25) is 14.4 Å². The van der Waals surface area contributed by atoms with Gasteiger partial charge in [0.1, 0.15) is 6.04 Å². The maximum Gasteiger partial charge on any atom is 0.308 e. The number of benzene rings is 1. The molecule has 0 bridgehead atoms. The van der Waals surface area contributed by atoms with E-state index in [0.29, 0.717) is 24.9 Å². The molecule has 1 unspecified atom stereocenters. The van der Waals surface area contributed by atoms with Crippen LogP contribution in [0.4, 0.5) is 0 Å². The highest BCUT2D eigenvalue weighted by Gasteiger charge is 2.33. The number of amides is 2. The molecule has 1 fully saturated rings. The molecular formula is C19H26N2O4. The van der Waals surface area contributed by atoms with E-state index in [-0.39, 0.29) is 24.3 Å². The number of nitrogens with one attached hydrogen (secondary N) is 1. The number of likely N-dealkylation sites (tertiary alicyclic amines) is 1. The first-order chi connectivity index (χ1) is 11.8. The molecule has 2 N–H and O–H groups in total. The number of nitrogens with zero attached hydrogens (tertiary/aromatic N) is 1. The van der Waals surface area contributed by atoms with Crippen molar-refractivity contribution >= 4 is 17.8 Å².